The zero-order valence-corrected chi connectivity index (χ0v) is 17.0. The molecule has 1 atom stereocenters. The molecule has 0 fully saturated rings. The maximum Gasteiger partial charge on any atom is 0.339 e. The molecule has 0 radical (unpaired) electrons. The van der Waals surface area contributed by atoms with Crippen LogP contribution in [0.2, 0.25) is 0 Å². The summed E-state index contributed by atoms with van der Waals surface area (Å²) < 4.78 is 5.89. The van der Waals surface area contributed by atoms with E-state index in [9.17, 15) is 24.9 Å². The molecule has 3 aromatic rings. The zero-order chi connectivity index (χ0) is 22.7. The van der Waals surface area contributed by atoms with Gasteiger partial charge in [0.05, 0.1) is 28.3 Å². The van der Waals surface area contributed by atoms with E-state index in [1.807, 2.05) is 6.92 Å². The Labute approximate surface area is 178 Å². The Bertz CT molecular complexity index is 1140. The van der Waals surface area contributed by atoms with Crippen LogP contribution in [0.15, 0.2) is 36.4 Å². The van der Waals surface area contributed by atoms with Crippen LogP contribution in [-0.2, 0) is 0 Å². The number of phenolic OH excluding ortho intramolecular Hbond substituents is 2. The Morgan fingerprint density at radius 2 is 1.87 bits per heavy atom. The molecular formula is C22H23N3O6. The summed E-state index contributed by atoms with van der Waals surface area (Å²) >= 11 is 0. The number of carbonyl (C=O) groups is 2. The van der Waals surface area contributed by atoms with Crippen molar-refractivity contribution in [2.45, 2.75) is 26.3 Å². The number of aryl methyl sites for hydroxylation is 1. The number of phenols is 2. The molecule has 6 N–H and O–H groups in total. The van der Waals surface area contributed by atoms with Crippen LogP contribution in [0.3, 0.4) is 0 Å². The lowest BCUT2D eigenvalue weighted by Gasteiger charge is -2.19. The fourth-order valence-electron chi connectivity index (χ4n) is 3.28. The minimum atomic E-state index is -1.17. The van der Waals surface area contributed by atoms with Crippen molar-refractivity contribution in [3.63, 3.8) is 0 Å². The number of carboxylic acid groups (broad SMARTS) is 1. The number of carbonyl (C=O) groups excluding carboxylic acids is 1. The van der Waals surface area contributed by atoms with E-state index in [2.05, 4.69) is 10.3 Å². The number of aromatic hydroxyl groups is 2. The van der Waals surface area contributed by atoms with Crippen molar-refractivity contribution < 1.29 is 29.6 Å². The molecule has 1 amide bonds. The molecule has 0 aliphatic heterocycles. The average molecular weight is 425 g/mol. The maximum atomic E-state index is 12.5. The molecule has 0 aliphatic carbocycles. The molecule has 0 spiro atoms. The van der Waals surface area contributed by atoms with Gasteiger partial charge in [-0.05, 0) is 37.6 Å². The van der Waals surface area contributed by atoms with Crippen LogP contribution < -0.4 is 15.8 Å². The Kier molecular flexibility index (Phi) is 6.15. The fourth-order valence-corrected chi connectivity index (χ4v) is 3.28. The number of carboxylic acids is 1. The van der Waals surface area contributed by atoms with Crippen LogP contribution in [-0.4, -0.2) is 44.8 Å². The molecule has 0 saturated carbocycles. The molecule has 2 aromatic carbocycles. The molecule has 31 heavy (non-hydrogen) atoms. The first-order chi connectivity index (χ1) is 14.7. The number of rotatable bonds is 7. The number of ether oxygens (including phenoxy) is 1. The van der Waals surface area contributed by atoms with Gasteiger partial charge in [-0.25, -0.2) is 4.79 Å². The summed E-state index contributed by atoms with van der Waals surface area (Å²) in [6, 6.07) is 8.31. The predicted molar refractivity (Wildman–Crippen MR) is 115 cm³/mol. The molecule has 9 heteroatoms. The number of aromatic carboxylic acids is 1. The number of nitrogens with zero attached hydrogens (tertiary/aromatic N) is 1. The van der Waals surface area contributed by atoms with E-state index in [4.69, 9.17) is 10.5 Å². The van der Waals surface area contributed by atoms with Crippen LogP contribution in [0.5, 0.6) is 17.2 Å². The second-order valence-electron chi connectivity index (χ2n) is 7.07. The number of anilines is 1. The molecule has 1 aromatic heterocycles. The molecule has 1 heterocycles. The van der Waals surface area contributed by atoms with Crippen LogP contribution in [0.25, 0.3) is 10.9 Å². The Morgan fingerprint density at radius 1 is 1.19 bits per heavy atom. The van der Waals surface area contributed by atoms with E-state index >= 15 is 0 Å². The summed E-state index contributed by atoms with van der Waals surface area (Å²) in [5.74, 6) is -1.75. The largest absolute Gasteiger partial charge is 0.508 e. The third-order valence-corrected chi connectivity index (χ3v) is 4.84. The molecule has 3 rings (SSSR count). The zero-order valence-electron chi connectivity index (χ0n) is 17.0. The van der Waals surface area contributed by atoms with Gasteiger partial charge in [-0.1, -0.05) is 13.0 Å². The van der Waals surface area contributed by atoms with Crippen molar-refractivity contribution in [2.75, 3.05) is 12.3 Å². The van der Waals surface area contributed by atoms with E-state index < -0.39 is 17.9 Å². The van der Waals surface area contributed by atoms with Crippen molar-refractivity contribution >= 4 is 28.5 Å². The first-order valence-corrected chi connectivity index (χ1v) is 9.60. The third-order valence-electron chi connectivity index (χ3n) is 4.84. The van der Waals surface area contributed by atoms with Crippen molar-refractivity contribution in [1.82, 2.24) is 10.3 Å². The third kappa shape index (κ3) is 4.61. The lowest BCUT2D eigenvalue weighted by molar-refractivity contribution is 0.0696. The van der Waals surface area contributed by atoms with Gasteiger partial charge in [-0.2, -0.15) is 0 Å². The van der Waals surface area contributed by atoms with Crippen LogP contribution >= 0.6 is 0 Å². The lowest BCUT2D eigenvalue weighted by Crippen LogP contribution is -2.38. The van der Waals surface area contributed by atoms with Crippen molar-refractivity contribution in [2.24, 2.45) is 0 Å². The summed E-state index contributed by atoms with van der Waals surface area (Å²) in [6.45, 7) is 3.52. The molecule has 0 saturated heterocycles. The van der Waals surface area contributed by atoms with Gasteiger partial charge in [0.25, 0.3) is 5.91 Å². The van der Waals surface area contributed by atoms with Gasteiger partial charge in [0.15, 0.2) is 0 Å². The smallest absolute Gasteiger partial charge is 0.339 e. The van der Waals surface area contributed by atoms with Crippen molar-refractivity contribution in [1.29, 1.82) is 0 Å². The van der Waals surface area contributed by atoms with Crippen LogP contribution in [0.4, 0.5) is 5.69 Å². The number of pyridine rings is 1. The molecular weight excluding hydrogens is 402 g/mol. The van der Waals surface area contributed by atoms with Gasteiger partial charge >= 0.3 is 5.97 Å². The highest BCUT2D eigenvalue weighted by molar-refractivity contribution is 6.06. The van der Waals surface area contributed by atoms with Crippen LogP contribution in [0, 0.1) is 6.92 Å². The number of benzene rings is 2. The Morgan fingerprint density at radius 3 is 2.48 bits per heavy atom. The predicted octanol–water partition coefficient (Wildman–Crippen LogP) is 2.82. The van der Waals surface area contributed by atoms with Gasteiger partial charge < -0.3 is 31.1 Å². The highest BCUT2D eigenvalue weighted by atomic mass is 16.5. The number of nitrogens with one attached hydrogen (secondary N) is 1. The molecule has 0 aliphatic rings. The first kappa shape index (κ1) is 21.7. The standard InChI is InChI=1S/C22H23N3O6/c1-3-13(25-21(28)12-7-14(26)9-15(27)8-12)10-31-17-6-4-5-16-19(17)20(23)18(22(29)30)11(2)24-16/h4-9,13,26-27H,3,10H2,1-2H3,(H2,23,24)(H,25,28)(H,29,30)/t13-/m0/s1. The number of nitrogens with two attached hydrogens (primary N) is 1. The highest BCUT2D eigenvalue weighted by Crippen LogP contribution is 2.33. The summed E-state index contributed by atoms with van der Waals surface area (Å²) in [6.07, 6.45) is 0.536. The quantitative estimate of drug-likeness (QED) is 0.387. The number of aromatic nitrogens is 1. The lowest BCUT2D eigenvalue weighted by atomic mass is 10.1. The summed E-state index contributed by atoms with van der Waals surface area (Å²) in [5.41, 5.74) is 7.04. The second-order valence-corrected chi connectivity index (χ2v) is 7.07. The van der Waals surface area contributed by atoms with E-state index in [1.54, 1.807) is 25.1 Å². The van der Waals surface area contributed by atoms with E-state index in [0.717, 1.165) is 6.07 Å². The highest BCUT2D eigenvalue weighted by Gasteiger charge is 2.20. The van der Waals surface area contributed by atoms with Crippen LogP contribution in [0.1, 0.15) is 39.8 Å². The summed E-state index contributed by atoms with van der Waals surface area (Å²) in [5, 5.41) is 31.8. The van der Waals surface area contributed by atoms with Gasteiger partial charge in [-0.15, -0.1) is 0 Å². The van der Waals surface area contributed by atoms with Crippen molar-refractivity contribution in [3.05, 3.63) is 53.2 Å². The number of nitrogen functional groups attached to an aromatic ring is 1. The minimum absolute atomic E-state index is 0.0675. The average Bonchev–Trinajstić information content (AvgIpc) is 2.69. The monoisotopic (exact) mass is 425 g/mol. The normalized spacial score (nSPS) is 11.8. The molecule has 9 nitrogen and oxygen atoms in total. The van der Waals surface area contributed by atoms with E-state index in [0.29, 0.717) is 28.8 Å². The number of amides is 1. The van der Waals surface area contributed by atoms with Gasteiger partial charge in [0, 0.05) is 11.6 Å². The van der Waals surface area contributed by atoms with Crippen molar-refractivity contribution in [3.8, 4) is 17.2 Å². The van der Waals surface area contributed by atoms with Gasteiger partial charge in [0.2, 0.25) is 0 Å². The van der Waals surface area contributed by atoms with Gasteiger partial charge in [-0.3, -0.25) is 9.78 Å². The number of hydrogen-bond acceptors (Lipinski definition) is 7. The Balaban J connectivity index is 1.82. The molecule has 0 bridgehead atoms. The SMILES string of the molecule is CC[C@@H](COc1cccc2nc(C)c(C(=O)O)c(N)c12)NC(=O)c1cc(O)cc(O)c1. The molecule has 162 valence electrons. The fraction of sp³-hybridized carbons (Fsp3) is 0.227. The molecule has 0 unspecified atom stereocenters. The van der Waals surface area contributed by atoms with E-state index in [1.165, 1.54) is 12.1 Å². The Hall–Kier alpha value is -4.01. The number of hydrogen-bond donors (Lipinski definition) is 5. The minimum Gasteiger partial charge on any atom is -0.508 e. The first-order valence-electron chi connectivity index (χ1n) is 9.60. The topological polar surface area (TPSA) is 155 Å². The summed E-state index contributed by atoms with van der Waals surface area (Å²) in [4.78, 5) is 28.4. The second kappa shape index (κ2) is 8.78. The number of fused-ring (bicyclic) bond motifs is 1. The van der Waals surface area contributed by atoms with E-state index in [-0.39, 0.29) is 34.9 Å². The maximum absolute atomic E-state index is 12.5. The summed E-state index contributed by atoms with van der Waals surface area (Å²) in [7, 11) is 0. The van der Waals surface area contributed by atoms with Gasteiger partial charge in [0.1, 0.15) is 29.4 Å².